The van der Waals surface area contributed by atoms with Crippen LogP contribution in [0.2, 0.25) is 5.02 Å². The van der Waals surface area contributed by atoms with Gasteiger partial charge in [-0.05, 0) is 49.4 Å². The summed E-state index contributed by atoms with van der Waals surface area (Å²) in [7, 11) is 0. The van der Waals surface area contributed by atoms with Crippen LogP contribution < -0.4 is 4.74 Å². The highest BCUT2D eigenvalue weighted by molar-refractivity contribution is 14.1. The highest BCUT2D eigenvalue weighted by Gasteiger charge is 2.35. The van der Waals surface area contributed by atoms with Crippen LogP contribution in [0.5, 0.6) is 5.75 Å². The number of hydrogen-bond donors (Lipinski definition) is 0. The second kappa shape index (κ2) is 7.08. The average molecular weight is 483 g/mol. The maximum absolute atomic E-state index is 14.0. The Balaban J connectivity index is 1.75. The van der Waals surface area contributed by atoms with E-state index in [2.05, 4.69) is 4.90 Å². The molecule has 0 radical (unpaired) electrons. The Morgan fingerprint density at radius 1 is 1.44 bits per heavy atom. The van der Waals surface area contributed by atoms with Crippen LogP contribution in [-0.2, 0) is 11.3 Å². The number of piperazine rings is 1. The van der Waals surface area contributed by atoms with Gasteiger partial charge in [-0.2, -0.15) is 0 Å². The number of ether oxygens (including phenoxy) is 2. The summed E-state index contributed by atoms with van der Waals surface area (Å²) in [4.78, 5) is 16.2. The maximum atomic E-state index is 14.0. The maximum Gasteiger partial charge on any atom is 0.410 e. The van der Waals surface area contributed by atoms with Crippen molar-refractivity contribution >= 4 is 40.3 Å². The van der Waals surface area contributed by atoms with Crippen LogP contribution in [0.4, 0.5) is 9.18 Å². The van der Waals surface area contributed by atoms with E-state index in [4.69, 9.17) is 21.1 Å². The van der Waals surface area contributed by atoms with Crippen molar-refractivity contribution in [1.82, 2.24) is 9.80 Å². The van der Waals surface area contributed by atoms with Crippen molar-refractivity contribution in [3.63, 3.8) is 0 Å². The van der Waals surface area contributed by atoms with Gasteiger partial charge in [0.2, 0.25) is 0 Å². The Bertz CT molecular complexity index is 695. The molecule has 0 aromatic heterocycles. The quantitative estimate of drug-likeness (QED) is 0.416. The van der Waals surface area contributed by atoms with E-state index in [0.29, 0.717) is 47.1 Å². The molecular weight excluding hydrogens is 462 g/mol. The van der Waals surface area contributed by atoms with Gasteiger partial charge >= 0.3 is 6.09 Å². The van der Waals surface area contributed by atoms with Crippen LogP contribution in [0.1, 0.15) is 26.3 Å². The van der Waals surface area contributed by atoms with Gasteiger partial charge in [-0.1, -0.05) is 11.6 Å². The van der Waals surface area contributed by atoms with Gasteiger partial charge in [0.1, 0.15) is 23.8 Å². The molecular formula is C17H21ClFIN2O3. The van der Waals surface area contributed by atoms with E-state index in [1.165, 1.54) is 6.07 Å². The first-order valence-electron chi connectivity index (χ1n) is 8.17. The van der Waals surface area contributed by atoms with Crippen LogP contribution >= 0.6 is 34.2 Å². The molecule has 1 saturated heterocycles. The molecule has 2 aliphatic heterocycles. The average Bonchev–Trinajstić information content (AvgIpc) is 2.69. The molecule has 25 heavy (non-hydrogen) atoms. The summed E-state index contributed by atoms with van der Waals surface area (Å²) < 4.78 is 25.7. The molecule has 1 fully saturated rings. The highest BCUT2D eigenvalue weighted by atomic mass is 127. The van der Waals surface area contributed by atoms with Gasteiger partial charge in [-0.25, -0.2) is 9.18 Å². The van der Waals surface area contributed by atoms with Crippen LogP contribution in [0.3, 0.4) is 0 Å². The lowest BCUT2D eigenvalue weighted by atomic mass is 10.1. The summed E-state index contributed by atoms with van der Waals surface area (Å²) in [6.07, 6.45) is -0.312. The van der Waals surface area contributed by atoms with Crippen LogP contribution in [0.15, 0.2) is 6.07 Å². The predicted octanol–water partition coefficient (Wildman–Crippen LogP) is 3.90. The fourth-order valence-electron chi connectivity index (χ4n) is 3.05. The summed E-state index contributed by atoms with van der Waals surface area (Å²) in [5, 5.41) is 0.319. The van der Waals surface area contributed by atoms with E-state index in [9.17, 15) is 9.18 Å². The fourth-order valence-corrected chi connectivity index (χ4v) is 3.72. The van der Waals surface area contributed by atoms with Gasteiger partial charge in [-0.15, -0.1) is 0 Å². The molecule has 5 nitrogen and oxygen atoms in total. The summed E-state index contributed by atoms with van der Waals surface area (Å²) in [5.41, 5.74) is 0.225. The lowest BCUT2D eigenvalue weighted by molar-refractivity contribution is -0.00154. The smallest absolute Gasteiger partial charge is 0.410 e. The molecule has 0 saturated carbocycles. The summed E-state index contributed by atoms with van der Waals surface area (Å²) >= 11 is 8.15. The van der Waals surface area contributed by atoms with E-state index in [-0.39, 0.29) is 18.0 Å². The van der Waals surface area contributed by atoms with Crippen LogP contribution in [0, 0.1) is 9.39 Å². The number of nitrogens with zero attached hydrogens (tertiary/aromatic N) is 2. The molecule has 1 atom stereocenters. The lowest BCUT2D eigenvalue weighted by Crippen LogP contribution is -2.56. The molecule has 1 aromatic carbocycles. The van der Waals surface area contributed by atoms with Gasteiger partial charge in [0, 0.05) is 31.7 Å². The summed E-state index contributed by atoms with van der Waals surface area (Å²) in [6.45, 7) is 8.27. The molecule has 1 aromatic rings. The third kappa shape index (κ3) is 4.14. The lowest BCUT2D eigenvalue weighted by Gasteiger charge is -2.40. The number of hydrogen-bond acceptors (Lipinski definition) is 4. The molecule has 0 bridgehead atoms. The molecule has 1 amide bonds. The largest absolute Gasteiger partial charge is 0.490 e. The third-order valence-corrected chi connectivity index (χ3v) is 5.98. The first-order valence-corrected chi connectivity index (χ1v) is 9.62. The van der Waals surface area contributed by atoms with E-state index in [1.54, 1.807) is 4.90 Å². The van der Waals surface area contributed by atoms with Crippen LogP contribution in [-0.4, -0.2) is 53.8 Å². The minimum absolute atomic E-state index is 0.0189. The zero-order chi connectivity index (χ0) is 18.4. The highest BCUT2D eigenvalue weighted by Crippen LogP contribution is 2.38. The Morgan fingerprint density at radius 3 is 2.84 bits per heavy atom. The van der Waals surface area contributed by atoms with Crippen molar-refractivity contribution in [2.75, 3.05) is 26.2 Å². The molecule has 2 aliphatic rings. The van der Waals surface area contributed by atoms with Crippen molar-refractivity contribution < 1.29 is 18.7 Å². The zero-order valence-electron chi connectivity index (χ0n) is 14.4. The van der Waals surface area contributed by atoms with Crippen molar-refractivity contribution in [1.29, 1.82) is 0 Å². The van der Waals surface area contributed by atoms with Gasteiger partial charge in [-0.3, -0.25) is 4.90 Å². The number of fused-ring (bicyclic) bond motifs is 2. The molecule has 0 N–H and O–H groups in total. The Labute approximate surface area is 165 Å². The van der Waals surface area contributed by atoms with Gasteiger partial charge in [0.05, 0.1) is 14.6 Å². The number of carbonyl (C=O) groups excluding carboxylic acids is 1. The van der Waals surface area contributed by atoms with E-state index >= 15 is 0 Å². The van der Waals surface area contributed by atoms with Gasteiger partial charge in [0.15, 0.2) is 0 Å². The topological polar surface area (TPSA) is 42.0 Å². The Kier molecular flexibility index (Phi) is 5.37. The second-order valence-corrected chi connectivity index (χ2v) is 8.79. The van der Waals surface area contributed by atoms with Crippen LogP contribution in [0.25, 0.3) is 0 Å². The fraction of sp³-hybridized carbons (Fsp3) is 0.588. The number of benzene rings is 1. The first kappa shape index (κ1) is 19.0. The number of carbonyl (C=O) groups is 1. The van der Waals surface area contributed by atoms with E-state index < -0.39 is 5.60 Å². The molecule has 0 unspecified atom stereocenters. The minimum Gasteiger partial charge on any atom is -0.490 e. The molecule has 138 valence electrons. The zero-order valence-corrected chi connectivity index (χ0v) is 17.4. The Morgan fingerprint density at radius 2 is 2.16 bits per heavy atom. The van der Waals surface area contributed by atoms with Gasteiger partial charge in [0.25, 0.3) is 0 Å². The minimum atomic E-state index is -0.522. The van der Waals surface area contributed by atoms with Gasteiger partial charge < -0.3 is 14.4 Å². The van der Waals surface area contributed by atoms with Crippen molar-refractivity contribution in [2.45, 2.75) is 39.0 Å². The van der Waals surface area contributed by atoms with Crippen molar-refractivity contribution in [3.8, 4) is 5.75 Å². The number of halogens is 3. The molecule has 8 heteroatoms. The van der Waals surface area contributed by atoms with E-state index in [0.717, 1.165) is 5.56 Å². The molecule has 3 rings (SSSR count). The molecule has 0 spiro atoms. The SMILES string of the molecule is CC(C)(C)OC(=O)N1CCN2Cc3cc(F)c(I)c(Cl)c3OC[C@@H]2C1. The van der Waals surface area contributed by atoms with E-state index in [1.807, 2.05) is 43.4 Å². The molecule has 0 aliphatic carbocycles. The van der Waals surface area contributed by atoms with Crippen molar-refractivity contribution in [3.05, 3.63) is 26.0 Å². The second-order valence-electron chi connectivity index (χ2n) is 7.34. The monoisotopic (exact) mass is 482 g/mol. The summed E-state index contributed by atoms with van der Waals surface area (Å²) in [5.74, 6) is 0.212. The summed E-state index contributed by atoms with van der Waals surface area (Å²) in [6, 6.07) is 1.51. The predicted molar refractivity (Wildman–Crippen MR) is 102 cm³/mol. The normalized spacial score (nSPS) is 21.0. The first-order chi connectivity index (χ1) is 11.7. The Hall–Kier alpha value is -0.800. The standard InChI is InChI=1S/C17H21ClFIN2O3/c1-17(2,3)25-16(23)22-5-4-21-7-10-6-12(19)14(20)13(18)15(10)24-9-11(21)8-22/h6,11H,4-5,7-9H2,1-3H3/t11-/m0/s1. The molecule has 2 heterocycles. The third-order valence-electron chi connectivity index (χ3n) is 4.24. The van der Waals surface area contributed by atoms with Crippen molar-refractivity contribution in [2.24, 2.45) is 0 Å². The number of rotatable bonds is 0. The number of amides is 1.